The molecule has 0 saturated carbocycles. The number of hydrogen-bond donors (Lipinski definition) is 0. The van der Waals surface area contributed by atoms with Crippen molar-refractivity contribution >= 4 is 79.7 Å². The Morgan fingerprint density at radius 3 is 1.39 bits per heavy atom. The van der Waals surface area contributed by atoms with Crippen LogP contribution in [0.4, 0.5) is 34.1 Å². The van der Waals surface area contributed by atoms with Crippen LogP contribution in [0.15, 0.2) is 170 Å². The lowest BCUT2D eigenvalue weighted by Gasteiger charge is -2.53. The van der Waals surface area contributed by atoms with E-state index in [0.717, 1.165) is 17.1 Å². The highest BCUT2D eigenvalue weighted by molar-refractivity contribution is 6.88. The zero-order chi connectivity index (χ0) is 49.7. The molecule has 10 rings (SSSR count). The first kappa shape index (κ1) is 47.3. The summed E-state index contributed by atoms with van der Waals surface area (Å²) in [7, 11) is -1.49. The average Bonchev–Trinajstić information content (AvgIpc) is 3.64. The summed E-state index contributed by atoms with van der Waals surface area (Å²) in [5.41, 5.74) is 15.9. The molecule has 0 spiro atoms. The lowest BCUT2D eigenvalue weighted by atomic mass is 9.49. The van der Waals surface area contributed by atoms with Gasteiger partial charge in [-0.3, -0.25) is 0 Å². The van der Waals surface area contributed by atoms with E-state index < -0.39 is 8.07 Å². The van der Waals surface area contributed by atoms with Gasteiger partial charge in [0, 0.05) is 39.5 Å². The van der Waals surface area contributed by atoms with Crippen LogP contribution in [0.2, 0.25) is 19.6 Å². The first-order valence-electron chi connectivity index (χ1n) is 25.7. The summed E-state index contributed by atoms with van der Waals surface area (Å²) in [6.45, 7) is 33.4. The van der Waals surface area contributed by atoms with Crippen LogP contribution >= 0.6 is 0 Å². The van der Waals surface area contributed by atoms with E-state index in [9.17, 15) is 0 Å². The summed E-state index contributed by atoms with van der Waals surface area (Å²) in [4.78, 5) is 4.89. The molecule has 9 aromatic carbocycles. The largest absolute Gasteiger partial charge is 0.310 e. The molecule has 0 radical (unpaired) electrons. The van der Waals surface area contributed by atoms with Gasteiger partial charge in [0.1, 0.15) is 0 Å². The fourth-order valence-corrected chi connectivity index (χ4v) is 13.6. The zero-order valence-corrected chi connectivity index (χ0v) is 45.2. The van der Waals surface area contributed by atoms with E-state index in [0.29, 0.717) is 11.8 Å². The fourth-order valence-electron chi connectivity index (χ4n) is 12.5. The summed E-state index contributed by atoms with van der Waals surface area (Å²) in [5.74, 6) is 0.930. The summed E-state index contributed by atoms with van der Waals surface area (Å²) in [5, 5.41) is 9.22. The predicted octanol–water partition coefficient (Wildman–Crippen LogP) is 19.5. The van der Waals surface area contributed by atoms with Gasteiger partial charge in [0.15, 0.2) is 0 Å². The van der Waals surface area contributed by atoms with Gasteiger partial charge in [0.05, 0.1) is 8.07 Å². The van der Waals surface area contributed by atoms with Crippen molar-refractivity contribution in [1.82, 2.24) is 0 Å². The number of benzene rings is 9. The first-order chi connectivity index (χ1) is 33.2. The highest BCUT2D eigenvalue weighted by Crippen LogP contribution is 2.68. The van der Waals surface area contributed by atoms with Crippen LogP contribution in [-0.4, -0.2) is 8.07 Å². The molecular formula is C67H72N2Si. The first-order valence-corrected chi connectivity index (χ1v) is 29.2. The number of rotatable bonds is 9. The van der Waals surface area contributed by atoms with Crippen molar-refractivity contribution in [3.8, 4) is 11.1 Å². The van der Waals surface area contributed by atoms with Crippen molar-refractivity contribution in [2.75, 3.05) is 9.80 Å². The average molecular weight is 933 g/mol. The van der Waals surface area contributed by atoms with E-state index in [4.69, 9.17) is 0 Å². The molecule has 2 nitrogen and oxygen atoms in total. The lowest BCUT2D eigenvalue weighted by molar-refractivity contribution is 0.0965. The Morgan fingerprint density at radius 1 is 0.429 bits per heavy atom. The third kappa shape index (κ3) is 7.77. The third-order valence-electron chi connectivity index (χ3n) is 15.7. The second-order valence-electron chi connectivity index (χ2n) is 24.0. The molecule has 0 aromatic heterocycles. The maximum atomic E-state index is 2.59. The molecule has 0 N–H and O–H groups in total. The van der Waals surface area contributed by atoms with Crippen LogP contribution in [0.1, 0.15) is 109 Å². The maximum absolute atomic E-state index is 2.59. The number of anilines is 6. The Balaban J connectivity index is 1.22. The van der Waals surface area contributed by atoms with E-state index in [1.807, 2.05) is 0 Å². The third-order valence-corrected chi connectivity index (χ3v) is 17.8. The SMILES string of the molecule is Cc1ccc(N(c2ccc(C(C)C)cc2)c2ccc3c4c(c5ccccc5c3c2)-c2cc3ccc(N(c5ccc(C(C)C)cc5)c5ccc([Si](C)(C)C)cc5)cc3cc2C4(C(C)(C)C)C(C)(C)C)cc1. The molecule has 0 unspecified atom stereocenters. The molecular weight excluding hydrogens is 861 g/mol. The molecule has 354 valence electrons. The molecule has 1 aliphatic carbocycles. The molecule has 1 aliphatic rings. The van der Waals surface area contributed by atoms with Crippen molar-refractivity contribution in [2.45, 2.75) is 113 Å². The molecule has 70 heavy (non-hydrogen) atoms. The fraction of sp³-hybridized carbons (Fsp3) is 0.284. The van der Waals surface area contributed by atoms with Gasteiger partial charge >= 0.3 is 0 Å². The molecule has 9 aromatic rings. The Morgan fingerprint density at radius 2 is 0.886 bits per heavy atom. The standard InChI is InChI=1S/C67H72N2Si/c1-43(2)46-21-28-51(29-22-46)68(53-33-36-56(37-34-53)70(12,13)14)54-32-25-48-40-61-62(41-49(48)39-54)67(65(6,7)8,66(9,10)11)64-59-38-35-55(42-60(59)57-17-15-16-18-58(57)63(61)64)69(50-26-19-45(5)20-27-50)52-30-23-47(24-31-52)44(3)4/h15-44H,1-14H3. The van der Waals surface area contributed by atoms with Gasteiger partial charge in [-0.05, 0) is 180 Å². The summed E-state index contributed by atoms with van der Waals surface area (Å²) >= 11 is 0. The van der Waals surface area contributed by atoms with Crippen LogP contribution < -0.4 is 15.0 Å². The Hall–Kier alpha value is -6.42. The van der Waals surface area contributed by atoms with Crippen molar-refractivity contribution < 1.29 is 0 Å². The van der Waals surface area contributed by atoms with Gasteiger partial charge in [-0.1, -0.05) is 185 Å². The molecule has 0 fully saturated rings. The van der Waals surface area contributed by atoms with Crippen LogP contribution in [-0.2, 0) is 5.41 Å². The molecule has 0 atom stereocenters. The van der Waals surface area contributed by atoms with Crippen molar-refractivity contribution in [3.63, 3.8) is 0 Å². The van der Waals surface area contributed by atoms with Crippen LogP contribution in [0.25, 0.3) is 43.4 Å². The van der Waals surface area contributed by atoms with Crippen molar-refractivity contribution in [1.29, 1.82) is 0 Å². The Labute approximate surface area is 420 Å². The topological polar surface area (TPSA) is 6.48 Å². The molecule has 0 heterocycles. The van der Waals surface area contributed by atoms with Crippen LogP contribution in [0, 0.1) is 17.8 Å². The van der Waals surface area contributed by atoms with Crippen LogP contribution in [0.5, 0.6) is 0 Å². The van der Waals surface area contributed by atoms with Crippen LogP contribution in [0.3, 0.4) is 0 Å². The van der Waals surface area contributed by atoms with Gasteiger partial charge in [0.2, 0.25) is 0 Å². The number of hydrogen-bond acceptors (Lipinski definition) is 2. The number of fused-ring (bicyclic) bond motifs is 9. The van der Waals surface area contributed by atoms with Gasteiger partial charge in [-0.2, -0.15) is 0 Å². The molecule has 0 aliphatic heterocycles. The maximum Gasteiger partial charge on any atom is 0.0775 e. The highest BCUT2D eigenvalue weighted by Gasteiger charge is 2.58. The molecule has 3 heteroatoms. The van der Waals surface area contributed by atoms with E-state index in [1.54, 1.807) is 0 Å². The normalized spacial score (nSPS) is 13.7. The minimum Gasteiger partial charge on any atom is -0.310 e. The van der Waals surface area contributed by atoms with E-state index in [2.05, 4.69) is 275 Å². The van der Waals surface area contributed by atoms with E-state index in [1.165, 1.54) is 93.5 Å². The Kier molecular flexibility index (Phi) is 11.6. The second kappa shape index (κ2) is 17.2. The Bertz CT molecular complexity index is 3400. The smallest absolute Gasteiger partial charge is 0.0775 e. The summed E-state index contributed by atoms with van der Waals surface area (Å²) < 4.78 is 0. The zero-order valence-electron chi connectivity index (χ0n) is 44.2. The summed E-state index contributed by atoms with van der Waals surface area (Å²) in [6.07, 6.45) is 0. The number of nitrogens with zero attached hydrogens (tertiary/aromatic N) is 2. The van der Waals surface area contributed by atoms with Gasteiger partial charge < -0.3 is 9.80 Å². The van der Waals surface area contributed by atoms with Crippen molar-refractivity contribution in [2.24, 2.45) is 10.8 Å². The lowest BCUT2D eigenvalue weighted by Crippen LogP contribution is -2.50. The minimum absolute atomic E-state index is 0.168. The number of aryl methyl sites for hydroxylation is 1. The van der Waals surface area contributed by atoms with Gasteiger partial charge in [-0.25, -0.2) is 0 Å². The second-order valence-corrected chi connectivity index (χ2v) is 29.1. The molecule has 0 bridgehead atoms. The summed E-state index contributed by atoms with van der Waals surface area (Å²) in [6, 6.07) is 65.6. The van der Waals surface area contributed by atoms with E-state index in [-0.39, 0.29) is 16.2 Å². The highest BCUT2D eigenvalue weighted by atomic mass is 28.3. The van der Waals surface area contributed by atoms with E-state index >= 15 is 0 Å². The van der Waals surface area contributed by atoms with Gasteiger partial charge in [0.25, 0.3) is 0 Å². The van der Waals surface area contributed by atoms with Gasteiger partial charge in [-0.15, -0.1) is 0 Å². The monoisotopic (exact) mass is 933 g/mol. The predicted molar refractivity (Wildman–Crippen MR) is 309 cm³/mol. The molecule has 0 amide bonds. The van der Waals surface area contributed by atoms with Crippen molar-refractivity contribution in [3.05, 3.63) is 198 Å². The minimum atomic E-state index is -1.49. The molecule has 0 saturated heterocycles. The quantitative estimate of drug-likeness (QED) is 0.105.